The molecule has 0 heterocycles. The van der Waals surface area contributed by atoms with Crippen LogP contribution in [0.1, 0.15) is 5.56 Å². The summed E-state index contributed by atoms with van der Waals surface area (Å²) >= 11 is 6.04. The van der Waals surface area contributed by atoms with Gasteiger partial charge in [-0.2, -0.15) is 0 Å². The van der Waals surface area contributed by atoms with Crippen molar-refractivity contribution in [2.24, 2.45) is 0 Å². The fourth-order valence-corrected chi connectivity index (χ4v) is 4.73. The number of carbonyl (C=O) groups excluding carboxylic acids is 1. The van der Waals surface area contributed by atoms with Gasteiger partial charge >= 0.3 is 0 Å². The zero-order valence-electron chi connectivity index (χ0n) is 17.8. The fourth-order valence-electron chi connectivity index (χ4n) is 3.11. The molecule has 0 aliphatic carbocycles. The van der Waals surface area contributed by atoms with E-state index >= 15 is 0 Å². The van der Waals surface area contributed by atoms with Crippen LogP contribution in [0.15, 0.2) is 71.6 Å². The molecule has 0 aromatic heterocycles. The number of anilines is 2. The van der Waals surface area contributed by atoms with Crippen LogP contribution in [-0.2, 0) is 14.8 Å². The van der Waals surface area contributed by atoms with Gasteiger partial charge in [0.1, 0.15) is 18.0 Å². The molecular formula is C23H23ClN2O5S. The molecule has 0 saturated carbocycles. The van der Waals surface area contributed by atoms with Gasteiger partial charge in [0.05, 0.1) is 30.5 Å². The van der Waals surface area contributed by atoms with Crippen LogP contribution in [0.5, 0.6) is 11.5 Å². The molecule has 0 aliphatic rings. The first-order valence-corrected chi connectivity index (χ1v) is 11.4. The van der Waals surface area contributed by atoms with Gasteiger partial charge in [-0.3, -0.25) is 9.10 Å². The third-order valence-corrected chi connectivity index (χ3v) is 6.67. The van der Waals surface area contributed by atoms with Crippen molar-refractivity contribution < 1.29 is 22.7 Å². The summed E-state index contributed by atoms with van der Waals surface area (Å²) < 4.78 is 38.7. The molecule has 3 aromatic carbocycles. The number of aryl methyl sites for hydroxylation is 1. The third kappa shape index (κ3) is 5.15. The summed E-state index contributed by atoms with van der Waals surface area (Å²) in [7, 11) is -1.18. The highest BCUT2D eigenvalue weighted by molar-refractivity contribution is 7.92. The maximum absolute atomic E-state index is 13.5. The zero-order chi connectivity index (χ0) is 23.3. The topological polar surface area (TPSA) is 84.9 Å². The number of rotatable bonds is 8. The van der Waals surface area contributed by atoms with Crippen LogP contribution in [0.3, 0.4) is 0 Å². The number of methoxy groups -OCH3 is 2. The van der Waals surface area contributed by atoms with Gasteiger partial charge < -0.3 is 14.8 Å². The number of nitrogens with zero attached hydrogens (tertiary/aromatic N) is 1. The Morgan fingerprint density at radius 3 is 2.28 bits per heavy atom. The van der Waals surface area contributed by atoms with Crippen molar-refractivity contribution in [3.63, 3.8) is 0 Å². The number of hydrogen-bond donors (Lipinski definition) is 1. The van der Waals surface area contributed by atoms with E-state index in [0.29, 0.717) is 22.2 Å². The monoisotopic (exact) mass is 474 g/mol. The standard InChI is InChI=1S/C23H23ClN2O5S/c1-16-9-11-22(31-3)20(13-16)26(32(28,29)18-7-5-4-6-8-18)15-23(27)25-19-14-17(24)10-12-21(19)30-2/h4-14H,15H2,1-3H3,(H,25,27). The number of halogens is 1. The molecule has 1 amide bonds. The molecule has 0 bridgehead atoms. The average Bonchev–Trinajstić information content (AvgIpc) is 2.78. The van der Waals surface area contributed by atoms with Gasteiger partial charge in [-0.1, -0.05) is 35.9 Å². The highest BCUT2D eigenvalue weighted by atomic mass is 35.5. The predicted octanol–water partition coefficient (Wildman–Crippen LogP) is 4.50. The molecule has 0 fully saturated rings. The molecule has 0 saturated heterocycles. The molecular weight excluding hydrogens is 452 g/mol. The van der Waals surface area contributed by atoms with Crippen LogP contribution < -0.4 is 19.1 Å². The van der Waals surface area contributed by atoms with Crippen molar-refractivity contribution in [1.82, 2.24) is 0 Å². The van der Waals surface area contributed by atoms with Crippen LogP contribution >= 0.6 is 11.6 Å². The third-order valence-electron chi connectivity index (χ3n) is 4.66. The van der Waals surface area contributed by atoms with E-state index in [1.807, 2.05) is 6.92 Å². The maximum atomic E-state index is 13.5. The summed E-state index contributed by atoms with van der Waals surface area (Å²) in [6.07, 6.45) is 0. The van der Waals surface area contributed by atoms with Crippen molar-refractivity contribution in [3.8, 4) is 11.5 Å². The first-order valence-electron chi connectivity index (χ1n) is 9.62. The highest BCUT2D eigenvalue weighted by Gasteiger charge is 2.29. The Hall–Kier alpha value is -3.23. The maximum Gasteiger partial charge on any atom is 0.264 e. The van der Waals surface area contributed by atoms with Crippen molar-refractivity contribution in [2.75, 3.05) is 30.4 Å². The molecule has 1 N–H and O–H groups in total. The Labute approximate surface area is 192 Å². The van der Waals surface area contributed by atoms with E-state index in [1.165, 1.54) is 32.4 Å². The highest BCUT2D eigenvalue weighted by Crippen LogP contribution is 2.34. The smallest absolute Gasteiger partial charge is 0.264 e. The quantitative estimate of drug-likeness (QED) is 0.519. The molecule has 0 radical (unpaired) electrons. The Morgan fingerprint density at radius 2 is 1.62 bits per heavy atom. The molecule has 7 nitrogen and oxygen atoms in total. The number of nitrogens with one attached hydrogen (secondary N) is 1. The minimum absolute atomic E-state index is 0.0525. The number of ether oxygens (including phenoxy) is 2. The van der Waals surface area contributed by atoms with Crippen molar-refractivity contribution >= 4 is 38.9 Å². The lowest BCUT2D eigenvalue weighted by atomic mass is 10.2. The van der Waals surface area contributed by atoms with Gasteiger partial charge in [-0.25, -0.2) is 8.42 Å². The fraction of sp³-hybridized carbons (Fsp3) is 0.174. The summed E-state index contributed by atoms with van der Waals surface area (Å²) in [5.41, 5.74) is 1.40. The van der Waals surface area contributed by atoms with E-state index in [9.17, 15) is 13.2 Å². The Balaban J connectivity index is 2.03. The largest absolute Gasteiger partial charge is 0.495 e. The number of amides is 1. The van der Waals surface area contributed by atoms with E-state index in [2.05, 4.69) is 5.32 Å². The number of benzene rings is 3. The molecule has 32 heavy (non-hydrogen) atoms. The van der Waals surface area contributed by atoms with E-state index in [0.717, 1.165) is 9.87 Å². The first kappa shape index (κ1) is 23.4. The van der Waals surface area contributed by atoms with Crippen LogP contribution in [0, 0.1) is 6.92 Å². The van der Waals surface area contributed by atoms with E-state index < -0.39 is 22.5 Å². The summed E-state index contributed by atoms with van der Waals surface area (Å²) in [5, 5.41) is 3.08. The molecule has 0 spiro atoms. The SMILES string of the molecule is COc1ccc(Cl)cc1NC(=O)CN(c1cc(C)ccc1OC)S(=O)(=O)c1ccccc1. The van der Waals surface area contributed by atoms with E-state index in [4.69, 9.17) is 21.1 Å². The second-order valence-electron chi connectivity index (χ2n) is 6.89. The lowest BCUT2D eigenvalue weighted by Crippen LogP contribution is -2.38. The minimum Gasteiger partial charge on any atom is -0.495 e. The Kier molecular flexibility index (Phi) is 7.27. The first-order chi connectivity index (χ1) is 15.3. The summed E-state index contributed by atoms with van der Waals surface area (Å²) in [6, 6.07) is 17.8. The van der Waals surface area contributed by atoms with E-state index in [1.54, 1.807) is 48.5 Å². The second kappa shape index (κ2) is 9.93. The second-order valence-corrected chi connectivity index (χ2v) is 9.19. The van der Waals surface area contributed by atoms with Crippen LogP contribution in [0.4, 0.5) is 11.4 Å². The summed E-state index contributed by atoms with van der Waals surface area (Å²) in [4.78, 5) is 13.0. The molecule has 3 rings (SSSR count). The normalized spacial score (nSPS) is 11.0. The average molecular weight is 475 g/mol. The molecule has 0 unspecified atom stereocenters. The van der Waals surface area contributed by atoms with Gasteiger partial charge in [-0.05, 0) is 55.0 Å². The lowest BCUT2D eigenvalue weighted by molar-refractivity contribution is -0.114. The molecule has 0 atom stereocenters. The van der Waals surface area contributed by atoms with Gasteiger partial charge in [0.2, 0.25) is 5.91 Å². The molecule has 3 aromatic rings. The lowest BCUT2D eigenvalue weighted by Gasteiger charge is -2.26. The Morgan fingerprint density at radius 1 is 0.969 bits per heavy atom. The van der Waals surface area contributed by atoms with Crippen molar-refractivity contribution in [2.45, 2.75) is 11.8 Å². The van der Waals surface area contributed by atoms with Crippen LogP contribution in [0.25, 0.3) is 0 Å². The molecule has 0 aliphatic heterocycles. The Bertz CT molecular complexity index is 1220. The summed E-state index contributed by atoms with van der Waals surface area (Å²) in [5.74, 6) is 0.144. The number of carbonyl (C=O) groups is 1. The van der Waals surface area contributed by atoms with Gasteiger partial charge in [0.25, 0.3) is 10.0 Å². The predicted molar refractivity (Wildman–Crippen MR) is 125 cm³/mol. The van der Waals surface area contributed by atoms with Crippen molar-refractivity contribution in [3.05, 3.63) is 77.3 Å². The molecule has 9 heteroatoms. The molecule has 168 valence electrons. The van der Waals surface area contributed by atoms with Gasteiger partial charge in [0, 0.05) is 5.02 Å². The minimum atomic E-state index is -4.08. The van der Waals surface area contributed by atoms with Gasteiger partial charge in [0.15, 0.2) is 0 Å². The van der Waals surface area contributed by atoms with Crippen LogP contribution in [0.2, 0.25) is 5.02 Å². The zero-order valence-corrected chi connectivity index (χ0v) is 19.4. The van der Waals surface area contributed by atoms with Crippen molar-refractivity contribution in [1.29, 1.82) is 0 Å². The van der Waals surface area contributed by atoms with Crippen LogP contribution in [-0.4, -0.2) is 35.1 Å². The number of sulfonamides is 1. The van der Waals surface area contributed by atoms with Gasteiger partial charge in [-0.15, -0.1) is 0 Å². The summed E-state index contributed by atoms with van der Waals surface area (Å²) in [6.45, 7) is 1.33. The van der Waals surface area contributed by atoms with E-state index in [-0.39, 0.29) is 10.6 Å². The number of hydrogen-bond acceptors (Lipinski definition) is 5.